The van der Waals surface area contributed by atoms with Gasteiger partial charge in [0.05, 0.1) is 11.5 Å². The van der Waals surface area contributed by atoms with Crippen LogP contribution in [0.3, 0.4) is 0 Å². The average molecular weight is 340 g/mol. The van der Waals surface area contributed by atoms with Crippen LogP contribution in [0.2, 0.25) is 0 Å². The molecule has 0 spiro atoms. The standard InChI is InChI=1S/C16H24N2O4S/c1-5-22-16(19)17-10-11-18(15(17)12(2)3)23(20,21)14-8-6-13(4)7-9-14/h6-9,12,15H,5,10-11H2,1-4H3. The maximum absolute atomic E-state index is 12.9. The van der Waals surface area contributed by atoms with Crippen LogP contribution in [0.4, 0.5) is 4.79 Å². The number of nitrogens with zero attached hydrogens (tertiary/aromatic N) is 2. The van der Waals surface area contributed by atoms with Crippen molar-refractivity contribution >= 4 is 16.1 Å². The van der Waals surface area contributed by atoms with E-state index in [1.807, 2.05) is 20.8 Å². The zero-order valence-electron chi connectivity index (χ0n) is 14.0. The molecule has 7 heteroatoms. The van der Waals surface area contributed by atoms with E-state index in [9.17, 15) is 13.2 Å². The fourth-order valence-corrected chi connectivity index (χ4v) is 4.55. The summed E-state index contributed by atoms with van der Waals surface area (Å²) in [4.78, 5) is 13.8. The number of aryl methyl sites for hydroxylation is 1. The number of sulfonamides is 1. The summed E-state index contributed by atoms with van der Waals surface area (Å²) in [6.07, 6.45) is -0.992. The Hall–Kier alpha value is -1.60. The zero-order valence-corrected chi connectivity index (χ0v) is 14.8. The van der Waals surface area contributed by atoms with Gasteiger partial charge in [-0.2, -0.15) is 4.31 Å². The van der Waals surface area contributed by atoms with Crippen LogP contribution in [0.25, 0.3) is 0 Å². The highest BCUT2D eigenvalue weighted by atomic mass is 32.2. The van der Waals surface area contributed by atoms with Gasteiger partial charge in [-0.25, -0.2) is 13.2 Å². The van der Waals surface area contributed by atoms with Crippen LogP contribution in [0.15, 0.2) is 29.2 Å². The maximum atomic E-state index is 12.9. The topological polar surface area (TPSA) is 66.9 Å². The van der Waals surface area contributed by atoms with Crippen molar-refractivity contribution in [3.05, 3.63) is 29.8 Å². The van der Waals surface area contributed by atoms with Crippen LogP contribution in [-0.4, -0.2) is 49.6 Å². The molecule has 0 aromatic heterocycles. The third-order valence-electron chi connectivity index (χ3n) is 3.90. The summed E-state index contributed by atoms with van der Waals surface area (Å²) in [5.41, 5.74) is 0.999. The SMILES string of the molecule is CCOC(=O)N1CCN(S(=O)(=O)c2ccc(C)cc2)C1C(C)C. The van der Waals surface area contributed by atoms with Crippen LogP contribution >= 0.6 is 0 Å². The molecule has 128 valence electrons. The predicted octanol–water partition coefficient (Wildman–Crippen LogP) is 2.44. The van der Waals surface area contributed by atoms with E-state index in [1.54, 1.807) is 31.2 Å². The van der Waals surface area contributed by atoms with Crippen molar-refractivity contribution < 1.29 is 17.9 Å². The Labute approximate surface area is 138 Å². The summed E-state index contributed by atoms with van der Waals surface area (Å²) in [7, 11) is -3.65. The average Bonchev–Trinajstić information content (AvgIpc) is 2.94. The number of carbonyl (C=O) groups is 1. The Morgan fingerprint density at radius 1 is 1.26 bits per heavy atom. The van der Waals surface area contributed by atoms with Gasteiger partial charge in [0.15, 0.2) is 0 Å². The molecular weight excluding hydrogens is 316 g/mol. The Morgan fingerprint density at radius 3 is 2.39 bits per heavy atom. The molecule has 0 aliphatic carbocycles. The molecule has 6 nitrogen and oxygen atoms in total. The van der Waals surface area contributed by atoms with Crippen molar-refractivity contribution in [2.45, 2.75) is 38.8 Å². The molecule has 1 atom stereocenters. The van der Waals surface area contributed by atoms with Gasteiger partial charge < -0.3 is 4.74 Å². The van der Waals surface area contributed by atoms with Crippen molar-refractivity contribution in [1.82, 2.24) is 9.21 Å². The first-order chi connectivity index (χ1) is 10.8. The first-order valence-electron chi connectivity index (χ1n) is 7.81. The number of amides is 1. The summed E-state index contributed by atoms with van der Waals surface area (Å²) < 4.78 is 32.3. The molecule has 0 N–H and O–H groups in total. The number of hydrogen-bond donors (Lipinski definition) is 0. The highest BCUT2D eigenvalue weighted by Gasteiger charge is 2.44. The fourth-order valence-electron chi connectivity index (χ4n) is 2.83. The van der Waals surface area contributed by atoms with Crippen molar-refractivity contribution in [3.63, 3.8) is 0 Å². The molecule has 0 saturated carbocycles. The van der Waals surface area contributed by atoms with E-state index in [0.717, 1.165) is 5.56 Å². The van der Waals surface area contributed by atoms with Gasteiger partial charge in [0, 0.05) is 13.1 Å². The Kier molecular flexibility index (Phi) is 5.31. The second-order valence-electron chi connectivity index (χ2n) is 5.98. The van der Waals surface area contributed by atoms with E-state index in [0.29, 0.717) is 6.54 Å². The fraction of sp³-hybridized carbons (Fsp3) is 0.562. The van der Waals surface area contributed by atoms with Gasteiger partial charge in [0.2, 0.25) is 10.0 Å². The smallest absolute Gasteiger partial charge is 0.411 e. The van der Waals surface area contributed by atoms with E-state index < -0.39 is 22.3 Å². The minimum absolute atomic E-state index is 0.0397. The second kappa shape index (κ2) is 6.88. The molecule has 0 radical (unpaired) electrons. The van der Waals surface area contributed by atoms with Gasteiger partial charge in [-0.3, -0.25) is 4.90 Å². The number of rotatable bonds is 4. The molecule has 1 aromatic rings. The minimum atomic E-state index is -3.65. The molecule has 1 saturated heterocycles. The van der Waals surface area contributed by atoms with E-state index in [1.165, 1.54) is 9.21 Å². The van der Waals surface area contributed by atoms with Gasteiger partial charge in [-0.05, 0) is 31.9 Å². The van der Waals surface area contributed by atoms with Gasteiger partial charge >= 0.3 is 6.09 Å². The zero-order chi connectivity index (χ0) is 17.2. The summed E-state index contributed by atoms with van der Waals surface area (Å²) in [6, 6.07) is 6.76. The van der Waals surface area contributed by atoms with Gasteiger partial charge in [-0.1, -0.05) is 31.5 Å². The van der Waals surface area contributed by atoms with Gasteiger partial charge in [0.25, 0.3) is 0 Å². The summed E-state index contributed by atoms with van der Waals surface area (Å²) in [5.74, 6) is -0.0397. The third kappa shape index (κ3) is 3.50. The molecule has 1 unspecified atom stereocenters. The van der Waals surface area contributed by atoms with Gasteiger partial charge in [0.1, 0.15) is 6.17 Å². The Morgan fingerprint density at radius 2 is 1.87 bits per heavy atom. The van der Waals surface area contributed by atoms with Crippen LogP contribution in [0.5, 0.6) is 0 Å². The van der Waals surface area contributed by atoms with Crippen LogP contribution in [0, 0.1) is 12.8 Å². The predicted molar refractivity (Wildman–Crippen MR) is 87.4 cm³/mol. The van der Waals surface area contributed by atoms with Crippen molar-refractivity contribution in [3.8, 4) is 0 Å². The van der Waals surface area contributed by atoms with Crippen molar-refractivity contribution in [2.75, 3.05) is 19.7 Å². The Balaban J connectivity index is 2.34. The Bertz CT molecular complexity index is 655. The van der Waals surface area contributed by atoms with Crippen LogP contribution in [-0.2, 0) is 14.8 Å². The summed E-state index contributed by atoms with van der Waals surface area (Å²) in [5, 5.41) is 0. The molecule has 2 rings (SSSR count). The molecule has 1 aromatic carbocycles. The van der Waals surface area contributed by atoms with Crippen molar-refractivity contribution in [1.29, 1.82) is 0 Å². The van der Waals surface area contributed by atoms with Crippen molar-refractivity contribution in [2.24, 2.45) is 5.92 Å². The highest BCUT2D eigenvalue weighted by Crippen LogP contribution is 2.29. The highest BCUT2D eigenvalue weighted by molar-refractivity contribution is 7.89. The molecule has 1 fully saturated rings. The normalized spacial score (nSPS) is 19.3. The quantitative estimate of drug-likeness (QED) is 0.844. The first-order valence-corrected chi connectivity index (χ1v) is 9.25. The lowest BCUT2D eigenvalue weighted by Crippen LogP contribution is -2.47. The molecule has 1 aliphatic rings. The number of benzene rings is 1. The lowest BCUT2D eigenvalue weighted by molar-refractivity contribution is 0.0799. The largest absolute Gasteiger partial charge is 0.450 e. The lowest BCUT2D eigenvalue weighted by Gasteiger charge is -2.32. The van der Waals surface area contributed by atoms with E-state index >= 15 is 0 Å². The van der Waals surface area contributed by atoms with E-state index in [-0.39, 0.29) is 24.0 Å². The second-order valence-corrected chi connectivity index (χ2v) is 7.87. The third-order valence-corrected chi connectivity index (χ3v) is 5.79. The van der Waals surface area contributed by atoms with E-state index in [2.05, 4.69) is 0 Å². The molecule has 1 amide bonds. The molecule has 23 heavy (non-hydrogen) atoms. The number of hydrogen-bond acceptors (Lipinski definition) is 4. The number of carbonyl (C=O) groups excluding carboxylic acids is 1. The maximum Gasteiger partial charge on any atom is 0.411 e. The van der Waals surface area contributed by atoms with Crippen LogP contribution in [0.1, 0.15) is 26.3 Å². The van der Waals surface area contributed by atoms with E-state index in [4.69, 9.17) is 4.74 Å². The minimum Gasteiger partial charge on any atom is -0.450 e. The monoisotopic (exact) mass is 340 g/mol. The number of ether oxygens (including phenoxy) is 1. The molecule has 1 heterocycles. The molecule has 0 bridgehead atoms. The first kappa shape index (κ1) is 17.7. The van der Waals surface area contributed by atoms with Crippen LogP contribution < -0.4 is 0 Å². The van der Waals surface area contributed by atoms with Gasteiger partial charge in [-0.15, -0.1) is 0 Å². The summed E-state index contributed by atoms with van der Waals surface area (Å²) >= 11 is 0. The molecule has 1 aliphatic heterocycles. The summed E-state index contributed by atoms with van der Waals surface area (Å²) in [6.45, 7) is 8.33. The molecular formula is C16H24N2O4S. The lowest BCUT2D eigenvalue weighted by atomic mass is 10.1.